The molecule has 4 aromatic rings. The molecule has 4 aromatic carbocycles. The summed E-state index contributed by atoms with van der Waals surface area (Å²) in [5, 5.41) is 5.33. The molecule has 0 spiro atoms. The standard InChI is InChI=1S/C21H16S/c1-2-8-16(9-3-1)15-22-21-19-12-6-4-10-17(19)14-18-11-5-7-13-20(18)21/h1-14H,15H2. The quantitative estimate of drug-likeness (QED) is 0.317. The predicted molar refractivity (Wildman–Crippen MR) is 97.5 cm³/mol. The van der Waals surface area contributed by atoms with E-state index < -0.39 is 0 Å². The molecule has 0 aliphatic rings. The highest BCUT2D eigenvalue weighted by Gasteiger charge is 2.08. The minimum absolute atomic E-state index is 0.999. The first-order chi connectivity index (χ1) is 10.9. The smallest absolute Gasteiger partial charge is 0.0232 e. The van der Waals surface area contributed by atoms with Gasteiger partial charge in [-0.15, -0.1) is 11.8 Å². The van der Waals surface area contributed by atoms with Crippen LogP contribution in [-0.2, 0) is 5.75 Å². The van der Waals surface area contributed by atoms with E-state index in [0.717, 1.165) is 5.75 Å². The fourth-order valence-corrected chi connectivity index (χ4v) is 4.04. The summed E-state index contributed by atoms with van der Waals surface area (Å²) in [6.07, 6.45) is 0. The van der Waals surface area contributed by atoms with Crippen LogP contribution in [0.1, 0.15) is 5.56 Å². The van der Waals surface area contributed by atoms with Crippen LogP contribution in [0.25, 0.3) is 21.5 Å². The molecule has 0 atom stereocenters. The maximum atomic E-state index is 2.29. The summed E-state index contributed by atoms with van der Waals surface area (Å²) in [7, 11) is 0. The lowest BCUT2D eigenvalue weighted by Gasteiger charge is -2.11. The van der Waals surface area contributed by atoms with Crippen LogP contribution in [0.3, 0.4) is 0 Å². The monoisotopic (exact) mass is 300 g/mol. The number of fused-ring (bicyclic) bond motifs is 2. The lowest BCUT2D eigenvalue weighted by atomic mass is 10.0. The summed E-state index contributed by atoms with van der Waals surface area (Å²) in [5.74, 6) is 0.999. The van der Waals surface area contributed by atoms with Gasteiger partial charge in [0, 0.05) is 10.6 Å². The molecule has 0 aliphatic carbocycles. The number of rotatable bonds is 3. The fourth-order valence-electron chi connectivity index (χ4n) is 2.86. The van der Waals surface area contributed by atoms with Crippen molar-refractivity contribution in [2.24, 2.45) is 0 Å². The molecule has 22 heavy (non-hydrogen) atoms. The van der Waals surface area contributed by atoms with Crippen LogP contribution in [0, 0.1) is 0 Å². The topological polar surface area (TPSA) is 0 Å². The second-order valence-corrected chi connectivity index (χ2v) is 6.41. The molecule has 0 unspecified atom stereocenters. The van der Waals surface area contributed by atoms with Gasteiger partial charge >= 0.3 is 0 Å². The molecular formula is C21H16S. The second kappa shape index (κ2) is 5.86. The normalized spacial score (nSPS) is 11.1. The Morgan fingerprint density at radius 2 is 1.14 bits per heavy atom. The maximum absolute atomic E-state index is 2.29. The van der Waals surface area contributed by atoms with Crippen molar-refractivity contribution in [2.45, 2.75) is 10.6 Å². The molecule has 0 heterocycles. The zero-order valence-electron chi connectivity index (χ0n) is 12.2. The zero-order valence-corrected chi connectivity index (χ0v) is 13.0. The highest BCUT2D eigenvalue weighted by molar-refractivity contribution is 7.99. The van der Waals surface area contributed by atoms with Gasteiger partial charge in [-0.3, -0.25) is 0 Å². The Kier molecular flexibility index (Phi) is 3.57. The van der Waals surface area contributed by atoms with Gasteiger partial charge < -0.3 is 0 Å². The summed E-state index contributed by atoms with van der Waals surface area (Å²) >= 11 is 1.93. The Bertz CT molecular complexity index is 872. The Balaban J connectivity index is 1.85. The number of benzene rings is 4. The van der Waals surface area contributed by atoms with E-state index in [2.05, 4.69) is 84.9 Å². The van der Waals surface area contributed by atoms with Crippen molar-refractivity contribution in [3.63, 3.8) is 0 Å². The highest BCUT2D eigenvalue weighted by Crippen LogP contribution is 2.37. The van der Waals surface area contributed by atoms with Crippen molar-refractivity contribution >= 4 is 33.3 Å². The van der Waals surface area contributed by atoms with Gasteiger partial charge in [0.2, 0.25) is 0 Å². The Morgan fingerprint density at radius 1 is 0.591 bits per heavy atom. The van der Waals surface area contributed by atoms with Gasteiger partial charge in [-0.1, -0.05) is 78.9 Å². The van der Waals surface area contributed by atoms with E-state index in [-0.39, 0.29) is 0 Å². The maximum Gasteiger partial charge on any atom is 0.0232 e. The Hall–Kier alpha value is -2.25. The van der Waals surface area contributed by atoms with Crippen molar-refractivity contribution in [1.82, 2.24) is 0 Å². The molecule has 106 valence electrons. The molecule has 0 amide bonds. The first kappa shape index (κ1) is 13.4. The van der Waals surface area contributed by atoms with Crippen molar-refractivity contribution in [1.29, 1.82) is 0 Å². The zero-order chi connectivity index (χ0) is 14.8. The van der Waals surface area contributed by atoms with Crippen LogP contribution in [0.4, 0.5) is 0 Å². The summed E-state index contributed by atoms with van der Waals surface area (Å²) < 4.78 is 0. The molecule has 0 saturated carbocycles. The van der Waals surface area contributed by atoms with Crippen LogP contribution in [0.2, 0.25) is 0 Å². The number of hydrogen-bond donors (Lipinski definition) is 0. The minimum atomic E-state index is 0.999. The molecule has 0 aromatic heterocycles. The largest absolute Gasteiger partial charge is 0.120 e. The average Bonchev–Trinajstić information content (AvgIpc) is 2.59. The van der Waals surface area contributed by atoms with E-state index in [0.29, 0.717) is 0 Å². The molecule has 0 aliphatic heterocycles. The van der Waals surface area contributed by atoms with Crippen LogP contribution in [0.5, 0.6) is 0 Å². The third-order valence-corrected chi connectivity index (χ3v) is 5.15. The van der Waals surface area contributed by atoms with E-state index in [1.165, 1.54) is 32.0 Å². The Morgan fingerprint density at radius 3 is 1.77 bits per heavy atom. The van der Waals surface area contributed by atoms with E-state index in [1.807, 2.05) is 11.8 Å². The first-order valence-corrected chi connectivity index (χ1v) is 8.47. The van der Waals surface area contributed by atoms with E-state index in [1.54, 1.807) is 0 Å². The van der Waals surface area contributed by atoms with E-state index >= 15 is 0 Å². The third-order valence-electron chi connectivity index (χ3n) is 3.95. The minimum Gasteiger partial charge on any atom is -0.120 e. The van der Waals surface area contributed by atoms with E-state index in [4.69, 9.17) is 0 Å². The molecule has 0 fully saturated rings. The molecule has 0 saturated heterocycles. The predicted octanol–water partition coefficient (Wildman–Crippen LogP) is 6.29. The molecule has 0 nitrogen and oxygen atoms in total. The van der Waals surface area contributed by atoms with Crippen LogP contribution >= 0.6 is 11.8 Å². The van der Waals surface area contributed by atoms with Crippen molar-refractivity contribution in [2.75, 3.05) is 0 Å². The summed E-state index contributed by atoms with van der Waals surface area (Å²) in [6.45, 7) is 0. The van der Waals surface area contributed by atoms with Gasteiger partial charge in [0.25, 0.3) is 0 Å². The van der Waals surface area contributed by atoms with E-state index in [9.17, 15) is 0 Å². The van der Waals surface area contributed by atoms with Gasteiger partial charge in [-0.2, -0.15) is 0 Å². The Labute approximate surface area is 134 Å². The average molecular weight is 300 g/mol. The van der Waals surface area contributed by atoms with Crippen molar-refractivity contribution in [3.8, 4) is 0 Å². The van der Waals surface area contributed by atoms with Gasteiger partial charge in [-0.25, -0.2) is 0 Å². The lowest BCUT2D eigenvalue weighted by molar-refractivity contribution is 1.41. The molecule has 4 rings (SSSR count). The number of thioether (sulfide) groups is 1. The molecule has 1 heteroatoms. The summed E-state index contributed by atoms with van der Waals surface area (Å²) in [5.41, 5.74) is 1.37. The summed E-state index contributed by atoms with van der Waals surface area (Å²) in [4.78, 5) is 1.39. The molecule has 0 radical (unpaired) electrons. The van der Waals surface area contributed by atoms with Crippen LogP contribution < -0.4 is 0 Å². The number of hydrogen-bond acceptors (Lipinski definition) is 1. The second-order valence-electron chi connectivity index (χ2n) is 5.42. The first-order valence-electron chi connectivity index (χ1n) is 7.49. The molecule has 0 N–H and O–H groups in total. The van der Waals surface area contributed by atoms with Gasteiger partial charge in [0.15, 0.2) is 0 Å². The van der Waals surface area contributed by atoms with Crippen LogP contribution in [-0.4, -0.2) is 0 Å². The molecular weight excluding hydrogens is 284 g/mol. The summed E-state index contributed by atoms with van der Waals surface area (Å²) in [6, 6.07) is 30.3. The lowest BCUT2D eigenvalue weighted by Crippen LogP contribution is -1.84. The van der Waals surface area contributed by atoms with Gasteiger partial charge in [0.1, 0.15) is 0 Å². The van der Waals surface area contributed by atoms with Crippen LogP contribution in [0.15, 0.2) is 89.8 Å². The fraction of sp³-hybridized carbons (Fsp3) is 0.0476. The van der Waals surface area contributed by atoms with Gasteiger partial charge in [0.05, 0.1) is 0 Å². The molecule has 0 bridgehead atoms. The van der Waals surface area contributed by atoms with Crippen molar-refractivity contribution in [3.05, 3.63) is 90.5 Å². The van der Waals surface area contributed by atoms with Gasteiger partial charge in [-0.05, 0) is 33.2 Å². The SMILES string of the molecule is c1ccc(CSc2c3ccccc3cc3ccccc23)cc1. The third kappa shape index (κ3) is 2.49. The highest BCUT2D eigenvalue weighted by atomic mass is 32.2. The van der Waals surface area contributed by atoms with Crippen molar-refractivity contribution < 1.29 is 0 Å².